The standard InChI is InChI=1S/C10H16N2O/c1-8-2-4-9(5-3-8)12-10-6-13-7-11-10/h6-9,12H,2-5H2,1H3. The lowest BCUT2D eigenvalue weighted by molar-refractivity contribution is 0.361. The Kier molecular flexibility index (Phi) is 2.52. The molecule has 1 aromatic rings. The van der Waals surface area contributed by atoms with Gasteiger partial charge in [-0.1, -0.05) is 6.92 Å². The minimum Gasteiger partial charge on any atom is -0.449 e. The average molecular weight is 180 g/mol. The van der Waals surface area contributed by atoms with E-state index in [0.717, 1.165) is 11.7 Å². The van der Waals surface area contributed by atoms with Gasteiger partial charge < -0.3 is 9.73 Å². The van der Waals surface area contributed by atoms with Gasteiger partial charge in [0.2, 0.25) is 0 Å². The van der Waals surface area contributed by atoms with Gasteiger partial charge in [0.25, 0.3) is 0 Å². The van der Waals surface area contributed by atoms with Crippen LogP contribution in [0.15, 0.2) is 17.1 Å². The molecular weight excluding hydrogens is 164 g/mol. The van der Waals surface area contributed by atoms with Crippen molar-refractivity contribution in [1.29, 1.82) is 0 Å². The Morgan fingerprint density at radius 3 is 2.77 bits per heavy atom. The Balaban J connectivity index is 1.83. The second-order valence-electron chi connectivity index (χ2n) is 3.97. The van der Waals surface area contributed by atoms with Crippen molar-refractivity contribution >= 4 is 5.82 Å². The van der Waals surface area contributed by atoms with Crippen LogP contribution in [-0.4, -0.2) is 11.0 Å². The largest absolute Gasteiger partial charge is 0.449 e. The molecule has 1 fully saturated rings. The molecule has 1 saturated carbocycles. The van der Waals surface area contributed by atoms with Crippen LogP contribution in [-0.2, 0) is 0 Å². The highest BCUT2D eigenvalue weighted by Gasteiger charge is 2.18. The highest BCUT2D eigenvalue weighted by molar-refractivity contribution is 5.30. The van der Waals surface area contributed by atoms with Crippen LogP contribution >= 0.6 is 0 Å². The summed E-state index contributed by atoms with van der Waals surface area (Å²) in [6.07, 6.45) is 8.30. The van der Waals surface area contributed by atoms with Gasteiger partial charge in [0, 0.05) is 6.04 Å². The second kappa shape index (κ2) is 3.81. The number of rotatable bonds is 2. The van der Waals surface area contributed by atoms with E-state index in [2.05, 4.69) is 17.2 Å². The van der Waals surface area contributed by atoms with Crippen molar-refractivity contribution in [2.75, 3.05) is 5.32 Å². The number of oxazole rings is 1. The summed E-state index contributed by atoms with van der Waals surface area (Å²) in [5, 5.41) is 3.38. The summed E-state index contributed by atoms with van der Waals surface area (Å²) in [6.45, 7) is 2.33. The third kappa shape index (κ3) is 2.23. The Hall–Kier alpha value is -0.990. The van der Waals surface area contributed by atoms with Crippen molar-refractivity contribution in [1.82, 2.24) is 4.98 Å². The summed E-state index contributed by atoms with van der Waals surface area (Å²) in [5.74, 6) is 1.77. The molecule has 1 aliphatic carbocycles. The first-order chi connectivity index (χ1) is 6.34. The molecule has 2 rings (SSSR count). The Morgan fingerprint density at radius 2 is 2.15 bits per heavy atom. The predicted octanol–water partition coefficient (Wildman–Crippen LogP) is 2.67. The van der Waals surface area contributed by atoms with Gasteiger partial charge in [-0.25, -0.2) is 0 Å². The normalized spacial score (nSPS) is 28.7. The van der Waals surface area contributed by atoms with Gasteiger partial charge in [-0.05, 0) is 31.6 Å². The molecule has 3 nitrogen and oxygen atoms in total. The first-order valence-corrected chi connectivity index (χ1v) is 4.99. The molecule has 0 saturated heterocycles. The number of aromatic nitrogens is 1. The molecule has 3 heteroatoms. The lowest BCUT2D eigenvalue weighted by Crippen LogP contribution is -2.25. The van der Waals surface area contributed by atoms with Gasteiger partial charge in [0.05, 0.1) is 0 Å². The maximum Gasteiger partial charge on any atom is 0.182 e. The molecule has 0 atom stereocenters. The van der Waals surface area contributed by atoms with Crippen LogP contribution in [0.25, 0.3) is 0 Å². The van der Waals surface area contributed by atoms with Crippen LogP contribution < -0.4 is 5.32 Å². The second-order valence-corrected chi connectivity index (χ2v) is 3.97. The van der Waals surface area contributed by atoms with Gasteiger partial charge in [-0.3, -0.25) is 0 Å². The zero-order valence-electron chi connectivity index (χ0n) is 7.99. The summed E-state index contributed by atoms with van der Waals surface area (Å²) < 4.78 is 4.90. The first kappa shape index (κ1) is 8.60. The highest BCUT2D eigenvalue weighted by Crippen LogP contribution is 2.25. The van der Waals surface area contributed by atoms with Crippen LogP contribution in [0.4, 0.5) is 5.82 Å². The summed E-state index contributed by atoms with van der Waals surface area (Å²) in [5.41, 5.74) is 0. The van der Waals surface area contributed by atoms with Crippen LogP contribution in [0.2, 0.25) is 0 Å². The number of anilines is 1. The minimum atomic E-state index is 0.598. The number of nitrogens with one attached hydrogen (secondary N) is 1. The predicted molar refractivity (Wildman–Crippen MR) is 51.5 cm³/mol. The summed E-state index contributed by atoms with van der Waals surface area (Å²) in [7, 11) is 0. The molecule has 0 unspecified atom stereocenters. The summed E-state index contributed by atoms with van der Waals surface area (Å²) in [4.78, 5) is 4.05. The molecule has 1 N–H and O–H groups in total. The van der Waals surface area contributed by atoms with Crippen LogP contribution in [0.1, 0.15) is 32.6 Å². The summed E-state index contributed by atoms with van der Waals surface area (Å²) in [6, 6.07) is 0.598. The molecule has 1 aliphatic rings. The molecule has 0 aromatic carbocycles. The fourth-order valence-corrected chi connectivity index (χ4v) is 1.90. The number of hydrogen-bond acceptors (Lipinski definition) is 3. The van der Waals surface area contributed by atoms with Gasteiger partial charge in [0.15, 0.2) is 12.2 Å². The Labute approximate surface area is 78.5 Å². The zero-order valence-corrected chi connectivity index (χ0v) is 7.99. The SMILES string of the molecule is CC1CCC(Nc2cocn2)CC1. The lowest BCUT2D eigenvalue weighted by Gasteiger charge is -2.26. The fraction of sp³-hybridized carbons (Fsp3) is 0.700. The van der Waals surface area contributed by atoms with Gasteiger partial charge in [-0.15, -0.1) is 0 Å². The number of nitrogens with zero attached hydrogens (tertiary/aromatic N) is 1. The van der Waals surface area contributed by atoms with Gasteiger partial charge in [0.1, 0.15) is 6.26 Å². The lowest BCUT2D eigenvalue weighted by atomic mass is 9.87. The Morgan fingerprint density at radius 1 is 1.38 bits per heavy atom. The van der Waals surface area contributed by atoms with Crippen LogP contribution in [0, 0.1) is 5.92 Å². The molecule has 1 heterocycles. The molecule has 0 bridgehead atoms. The molecular formula is C10H16N2O. The van der Waals surface area contributed by atoms with Crippen molar-refractivity contribution in [3.63, 3.8) is 0 Å². The molecule has 0 spiro atoms. The minimum absolute atomic E-state index is 0.598. The zero-order chi connectivity index (χ0) is 9.10. The van der Waals surface area contributed by atoms with E-state index in [4.69, 9.17) is 4.42 Å². The quantitative estimate of drug-likeness (QED) is 0.760. The van der Waals surface area contributed by atoms with E-state index in [-0.39, 0.29) is 0 Å². The van der Waals surface area contributed by atoms with Crippen LogP contribution in [0.5, 0.6) is 0 Å². The molecule has 0 aliphatic heterocycles. The van der Waals surface area contributed by atoms with E-state index in [1.54, 1.807) is 6.26 Å². The van der Waals surface area contributed by atoms with E-state index >= 15 is 0 Å². The van der Waals surface area contributed by atoms with Gasteiger partial charge in [-0.2, -0.15) is 4.98 Å². The molecule has 13 heavy (non-hydrogen) atoms. The van der Waals surface area contributed by atoms with Crippen LogP contribution in [0.3, 0.4) is 0 Å². The van der Waals surface area contributed by atoms with E-state index in [1.807, 2.05) is 0 Å². The monoisotopic (exact) mass is 180 g/mol. The molecule has 0 radical (unpaired) electrons. The average Bonchev–Trinajstić information content (AvgIpc) is 2.62. The van der Waals surface area contributed by atoms with E-state index < -0.39 is 0 Å². The Bertz CT molecular complexity index is 237. The first-order valence-electron chi connectivity index (χ1n) is 4.99. The van der Waals surface area contributed by atoms with Crippen molar-refractivity contribution in [2.24, 2.45) is 5.92 Å². The molecule has 72 valence electrons. The molecule has 1 aromatic heterocycles. The topological polar surface area (TPSA) is 38.1 Å². The van der Waals surface area contributed by atoms with Gasteiger partial charge >= 0.3 is 0 Å². The van der Waals surface area contributed by atoms with Crippen molar-refractivity contribution in [2.45, 2.75) is 38.6 Å². The van der Waals surface area contributed by atoms with Crippen molar-refractivity contribution < 1.29 is 4.42 Å². The fourth-order valence-electron chi connectivity index (χ4n) is 1.90. The third-order valence-corrected chi connectivity index (χ3v) is 2.80. The van der Waals surface area contributed by atoms with E-state index in [9.17, 15) is 0 Å². The maximum atomic E-state index is 4.90. The third-order valence-electron chi connectivity index (χ3n) is 2.80. The maximum absolute atomic E-state index is 4.90. The summed E-state index contributed by atoms with van der Waals surface area (Å²) >= 11 is 0. The van der Waals surface area contributed by atoms with Crippen molar-refractivity contribution in [3.8, 4) is 0 Å². The highest BCUT2D eigenvalue weighted by atomic mass is 16.3. The molecule has 0 amide bonds. The van der Waals surface area contributed by atoms with E-state index in [1.165, 1.54) is 32.1 Å². The van der Waals surface area contributed by atoms with E-state index in [0.29, 0.717) is 6.04 Å². The smallest absolute Gasteiger partial charge is 0.182 e. The number of hydrogen-bond donors (Lipinski definition) is 1. The van der Waals surface area contributed by atoms with Crippen molar-refractivity contribution in [3.05, 3.63) is 12.7 Å².